The van der Waals surface area contributed by atoms with Gasteiger partial charge in [0, 0.05) is 4.88 Å². The monoisotopic (exact) mass is 339 g/mol. The highest BCUT2D eigenvalue weighted by Gasteiger charge is 2.06. The van der Waals surface area contributed by atoms with Crippen LogP contribution >= 0.6 is 11.3 Å². The maximum absolute atomic E-state index is 12.0. The standard InChI is InChI=1S/C18H17N3O2S/c1-23-16-7-3-2-6-15(16)20-13-8-9-17(19-12-13)21-18(22)11-14-5-4-10-24-14/h2-10,12,20H,11H2,1H3,(H,19,21,22). The summed E-state index contributed by atoms with van der Waals surface area (Å²) >= 11 is 1.57. The van der Waals surface area contributed by atoms with Crippen molar-refractivity contribution in [3.63, 3.8) is 0 Å². The van der Waals surface area contributed by atoms with E-state index in [1.54, 1.807) is 30.7 Å². The summed E-state index contributed by atoms with van der Waals surface area (Å²) in [6.45, 7) is 0. The molecule has 2 aromatic heterocycles. The first-order chi connectivity index (χ1) is 11.7. The van der Waals surface area contributed by atoms with Crippen LogP contribution in [0.15, 0.2) is 60.1 Å². The Morgan fingerprint density at radius 1 is 1.17 bits per heavy atom. The Morgan fingerprint density at radius 2 is 2.04 bits per heavy atom. The largest absolute Gasteiger partial charge is 0.495 e. The zero-order valence-corrected chi connectivity index (χ0v) is 14.0. The average molecular weight is 339 g/mol. The molecule has 0 spiro atoms. The number of nitrogens with one attached hydrogen (secondary N) is 2. The van der Waals surface area contributed by atoms with Gasteiger partial charge in [-0.2, -0.15) is 0 Å². The number of aromatic nitrogens is 1. The van der Waals surface area contributed by atoms with Gasteiger partial charge in [-0.3, -0.25) is 4.79 Å². The molecule has 122 valence electrons. The van der Waals surface area contributed by atoms with E-state index in [9.17, 15) is 4.79 Å². The molecule has 2 N–H and O–H groups in total. The molecule has 0 fully saturated rings. The van der Waals surface area contributed by atoms with E-state index < -0.39 is 0 Å². The zero-order valence-electron chi connectivity index (χ0n) is 13.2. The van der Waals surface area contributed by atoms with E-state index in [4.69, 9.17) is 4.74 Å². The van der Waals surface area contributed by atoms with Gasteiger partial charge in [0.2, 0.25) is 5.91 Å². The van der Waals surface area contributed by atoms with Gasteiger partial charge in [0.15, 0.2) is 0 Å². The maximum atomic E-state index is 12.0. The van der Waals surface area contributed by atoms with Gasteiger partial charge in [-0.05, 0) is 35.7 Å². The van der Waals surface area contributed by atoms with Crippen LogP contribution in [0.25, 0.3) is 0 Å². The molecule has 0 saturated carbocycles. The number of rotatable bonds is 6. The van der Waals surface area contributed by atoms with Crippen molar-refractivity contribution < 1.29 is 9.53 Å². The Morgan fingerprint density at radius 3 is 2.75 bits per heavy atom. The second-order valence-electron chi connectivity index (χ2n) is 5.06. The molecule has 3 rings (SSSR count). The van der Waals surface area contributed by atoms with Crippen LogP contribution in [0.2, 0.25) is 0 Å². The third-order valence-electron chi connectivity index (χ3n) is 3.33. The lowest BCUT2D eigenvalue weighted by molar-refractivity contribution is -0.115. The van der Waals surface area contributed by atoms with Crippen LogP contribution < -0.4 is 15.4 Å². The van der Waals surface area contributed by atoms with Crippen LogP contribution in [0.4, 0.5) is 17.2 Å². The molecule has 0 bridgehead atoms. The first kappa shape index (κ1) is 16.0. The van der Waals surface area contributed by atoms with Gasteiger partial charge in [-0.25, -0.2) is 4.98 Å². The van der Waals surface area contributed by atoms with E-state index >= 15 is 0 Å². The number of para-hydroxylation sites is 2. The maximum Gasteiger partial charge on any atom is 0.230 e. The SMILES string of the molecule is COc1ccccc1Nc1ccc(NC(=O)Cc2cccs2)nc1. The van der Waals surface area contributed by atoms with E-state index in [1.807, 2.05) is 47.8 Å². The summed E-state index contributed by atoms with van der Waals surface area (Å²) in [7, 11) is 1.63. The van der Waals surface area contributed by atoms with Gasteiger partial charge in [-0.1, -0.05) is 18.2 Å². The fourth-order valence-electron chi connectivity index (χ4n) is 2.20. The molecule has 5 nitrogen and oxygen atoms in total. The third-order valence-corrected chi connectivity index (χ3v) is 4.21. The van der Waals surface area contributed by atoms with Crippen molar-refractivity contribution in [3.8, 4) is 5.75 Å². The summed E-state index contributed by atoms with van der Waals surface area (Å²) in [5.41, 5.74) is 1.67. The highest BCUT2D eigenvalue weighted by atomic mass is 32.1. The lowest BCUT2D eigenvalue weighted by Gasteiger charge is -2.11. The number of pyridine rings is 1. The lowest BCUT2D eigenvalue weighted by atomic mass is 10.2. The normalized spacial score (nSPS) is 10.2. The molecule has 1 amide bonds. The number of benzene rings is 1. The van der Waals surface area contributed by atoms with E-state index in [2.05, 4.69) is 15.6 Å². The van der Waals surface area contributed by atoms with Crippen molar-refractivity contribution in [3.05, 3.63) is 65.0 Å². The Bertz CT molecular complexity index is 801. The molecule has 0 saturated heterocycles. The number of ether oxygens (including phenoxy) is 1. The Kier molecular flexibility index (Phi) is 5.08. The second kappa shape index (κ2) is 7.61. The predicted molar refractivity (Wildman–Crippen MR) is 97.2 cm³/mol. The van der Waals surface area contributed by atoms with Gasteiger partial charge in [0.25, 0.3) is 0 Å². The fraction of sp³-hybridized carbons (Fsp3) is 0.111. The van der Waals surface area contributed by atoms with Gasteiger partial charge in [0.05, 0.1) is 31.1 Å². The summed E-state index contributed by atoms with van der Waals surface area (Å²) in [5, 5.41) is 8.00. The van der Waals surface area contributed by atoms with Crippen LogP contribution in [0.1, 0.15) is 4.88 Å². The van der Waals surface area contributed by atoms with Crippen molar-refractivity contribution in [1.29, 1.82) is 0 Å². The number of amides is 1. The van der Waals surface area contributed by atoms with E-state index in [0.29, 0.717) is 12.2 Å². The van der Waals surface area contributed by atoms with E-state index in [-0.39, 0.29) is 5.91 Å². The van der Waals surface area contributed by atoms with Crippen molar-refractivity contribution in [2.75, 3.05) is 17.7 Å². The van der Waals surface area contributed by atoms with Crippen molar-refractivity contribution >= 4 is 34.4 Å². The highest BCUT2D eigenvalue weighted by Crippen LogP contribution is 2.26. The molecule has 24 heavy (non-hydrogen) atoms. The minimum absolute atomic E-state index is 0.0737. The fourth-order valence-corrected chi connectivity index (χ4v) is 2.91. The minimum Gasteiger partial charge on any atom is -0.495 e. The third kappa shape index (κ3) is 4.11. The number of carbonyl (C=O) groups excluding carboxylic acids is 1. The van der Waals surface area contributed by atoms with E-state index in [1.165, 1.54) is 0 Å². The molecule has 6 heteroatoms. The topological polar surface area (TPSA) is 63.2 Å². The van der Waals surface area contributed by atoms with E-state index in [0.717, 1.165) is 22.0 Å². The molecule has 0 aliphatic rings. The number of thiophene rings is 1. The first-order valence-corrected chi connectivity index (χ1v) is 8.31. The average Bonchev–Trinajstić information content (AvgIpc) is 3.10. The van der Waals surface area contributed by atoms with Crippen LogP contribution in [-0.4, -0.2) is 18.0 Å². The molecule has 3 aromatic rings. The summed E-state index contributed by atoms with van der Waals surface area (Å²) in [5.74, 6) is 1.21. The van der Waals surface area contributed by atoms with Crippen molar-refractivity contribution in [2.45, 2.75) is 6.42 Å². The Hall–Kier alpha value is -2.86. The van der Waals surface area contributed by atoms with Crippen molar-refractivity contribution in [2.24, 2.45) is 0 Å². The number of hydrogen-bond donors (Lipinski definition) is 2. The van der Waals surface area contributed by atoms with Crippen LogP contribution in [-0.2, 0) is 11.2 Å². The number of anilines is 3. The minimum atomic E-state index is -0.0737. The number of carbonyl (C=O) groups is 1. The van der Waals surface area contributed by atoms with Gasteiger partial charge in [0.1, 0.15) is 11.6 Å². The van der Waals surface area contributed by atoms with Gasteiger partial charge in [-0.15, -0.1) is 11.3 Å². The quantitative estimate of drug-likeness (QED) is 0.710. The second-order valence-corrected chi connectivity index (χ2v) is 6.09. The zero-order chi connectivity index (χ0) is 16.8. The molecule has 0 radical (unpaired) electrons. The Balaban J connectivity index is 1.62. The van der Waals surface area contributed by atoms with Gasteiger partial charge >= 0.3 is 0 Å². The molecule has 0 aliphatic heterocycles. The first-order valence-electron chi connectivity index (χ1n) is 7.43. The summed E-state index contributed by atoms with van der Waals surface area (Å²) in [6.07, 6.45) is 2.04. The number of nitrogens with zero attached hydrogens (tertiary/aromatic N) is 1. The lowest BCUT2D eigenvalue weighted by Crippen LogP contribution is -2.14. The Labute approximate surface area is 144 Å². The molecule has 2 heterocycles. The predicted octanol–water partition coefficient (Wildman–Crippen LogP) is 4.08. The highest BCUT2D eigenvalue weighted by molar-refractivity contribution is 7.10. The van der Waals surface area contributed by atoms with Crippen LogP contribution in [0.3, 0.4) is 0 Å². The number of hydrogen-bond acceptors (Lipinski definition) is 5. The molecular formula is C18H17N3O2S. The van der Waals surface area contributed by atoms with Crippen LogP contribution in [0, 0.1) is 0 Å². The number of methoxy groups -OCH3 is 1. The molecular weight excluding hydrogens is 322 g/mol. The summed E-state index contributed by atoms with van der Waals surface area (Å²) < 4.78 is 5.30. The smallest absolute Gasteiger partial charge is 0.230 e. The van der Waals surface area contributed by atoms with Gasteiger partial charge < -0.3 is 15.4 Å². The summed E-state index contributed by atoms with van der Waals surface area (Å²) in [4.78, 5) is 17.3. The molecule has 0 unspecified atom stereocenters. The van der Waals surface area contributed by atoms with Crippen molar-refractivity contribution in [1.82, 2.24) is 4.98 Å². The van der Waals surface area contributed by atoms with Crippen LogP contribution in [0.5, 0.6) is 5.75 Å². The molecule has 0 aliphatic carbocycles. The molecule has 0 atom stereocenters. The summed E-state index contributed by atoms with van der Waals surface area (Å²) in [6, 6.07) is 15.2. The molecule has 1 aromatic carbocycles.